The van der Waals surface area contributed by atoms with Crippen molar-refractivity contribution in [3.05, 3.63) is 35.1 Å². The number of methoxy groups -OCH3 is 1. The number of aromatic nitrogens is 1. The number of amides is 1. The number of rotatable bonds is 5. The molecule has 0 unspecified atom stereocenters. The Hall–Kier alpha value is -2.15. The maximum Gasteiger partial charge on any atom is 0.223 e. The van der Waals surface area contributed by atoms with E-state index >= 15 is 0 Å². The number of benzene rings is 1. The minimum absolute atomic E-state index is 0.159. The zero-order valence-corrected chi connectivity index (χ0v) is 11.9. The van der Waals surface area contributed by atoms with Crippen LogP contribution in [0.4, 0.5) is 15.2 Å². The summed E-state index contributed by atoms with van der Waals surface area (Å²) in [5, 5.41) is 8.04. The van der Waals surface area contributed by atoms with Gasteiger partial charge >= 0.3 is 0 Å². The third kappa shape index (κ3) is 3.92. The van der Waals surface area contributed by atoms with Crippen LogP contribution in [0.1, 0.15) is 12.6 Å². The van der Waals surface area contributed by atoms with E-state index in [9.17, 15) is 9.18 Å². The average molecular weight is 295 g/mol. The van der Waals surface area contributed by atoms with Crippen LogP contribution < -0.4 is 15.4 Å². The van der Waals surface area contributed by atoms with Crippen molar-refractivity contribution in [3.8, 4) is 5.75 Å². The van der Waals surface area contributed by atoms with Gasteiger partial charge in [0.25, 0.3) is 0 Å². The number of anilines is 2. The van der Waals surface area contributed by atoms with Crippen LogP contribution in [0.3, 0.4) is 0 Å². The molecule has 1 heterocycles. The van der Waals surface area contributed by atoms with Crippen molar-refractivity contribution in [2.24, 2.45) is 0 Å². The van der Waals surface area contributed by atoms with Crippen LogP contribution in [0.25, 0.3) is 0 Å². The molecule has 0 saturated heterocycles. The van der Waals surface area contributed by atoms with Crippen LogP contribution in [0.15, 0.2) is 23.6 Å². The number of hydrogen-bond donors (Lipinski definition) is 2. The maximum absolute atomic E-state index is 13.3. The Balaban J connectivity index is 1.99. The highest BCUT2D eigenvalue weighted by molar-refractivity contribution is 7.13. The highest BCUT2D eigenvalue weighted by Gasteiger charge is 2.05. The third-order valence-corrected chi connectivity index (χ3v) is 3.22. The number of nitrogens with zero attached hydrogens (tertiary/aromatic N) is 1. The summed E-state index contributed by atoms with van der Waals surface area (Å²) in [6.45, 7) is 1.86. The average Bonchev–Trinajstić information content (AvgIpc) is 2.82. The van der Waals surface area contributed by atoms with Gasteiger partial charge in [0.1, 0.15) is 11.6 Å². The van der Waals surface area contributed by atoms with Crippen molar-refractivity contribution < 1.29 is 13.9 Å². The Morgan fingerprint density at radius 1 is 1.45 bits per heavy atom. The quantitative estimate of drug-likeness (QED) is 0.890. The highest BCUT2D eigenvalue weighted by Crippen LogP contribution is 2.21. The Labute approximate surface area is 119 Å². The van der Waals surface area contributed by atoms with Crippen molar-refractivity contribution in [1.29, 1.82) is 0 Å². The van der Waals surface area contributed by atoms with Crippen LogP contribution >= 0.6 is 11.3 Å². The predicted octanol–water partition coefficient (Wildman–Crippen LogP) is 2.86. The molecule has 0 aliphatic carbocycles. The van der Waals surface area contributed by atoms with E-state index in [1.54, 1.807) is 6.07 Å². The second kappa shape index (κ2) is 6.33. The smallest absolute Gasteiger partial charge is 0.223 e. The molecule has 20 heavy (non-hydrogen) atoms. The first kappa shape index (κ1) is 14.3. The number of thiazole rings is 1. The highest BCUT2D eigenvalue weighted by atomic mass is 32.1. The van der Waals surface area contributed by atoms with E-state index in [2.05, 4.69) is 15.6 Å². The monoisotopic (exact) mass is 295 g/mol. The molecule has 0 spiro atoms. The molecule has 1 amide bonds. The second-order valence-corrected chi connectivity index (χ2v) is 4.92. The van der Waals surface area contributed by atoms with Crippen molar-refractivity contribution in [1.82, 2.24) is 4.98 Å². The fraction of sp³-hybridized carbons (Fsp3) is 0.231. The first-order valence-corrected chi connectivity index (χ1v) is 6.75. The van der Waals surface area contributed by atoms with E-state index in [1.807, 2.05) is 5.38 Å². The SMILES string of the molecule is COc1cc(F)cc(NCc2csc(NC(C)=O)n2)c1. The molecule has 2 aromatic rings. The molecular formula is C13H14FN3O2S. The lowest BCUT2D eigenvalue weighted by Gasteiger charge is -2.07. The van der Waals surface area contributed by atoms with Crippen LogP contribution in [-0.2, 0) is 11.3 Å². The molecule has 1 aromatic carbocycles. The molecule has 0 aliphatic heterocycles. The third-order valence-electron chi connectivity index (χ3n) is 2.42. The van der Waals surface area contributed by atoms with Gasteiger partial charge in [-0.05, 0) is 6.07 Å². The van der Waals surface area contributed by atoms with Gasteiger partial charge in [0.2, 0.25) is 5.91 Å². The number of halogens is 1. The first-order chi connectivity index (χ1) is 9.56. The van der Waals surface area contributed by atoms with Crippen molar-refractivity contribution in [2.45, 2.75) is 13.5 Å². The van der Waals surface area contributed by atoms with Crippen molar-refractivity contribution >= 4 is 28.1 Å². The standard InChI is InChI=1S/C13H14FN3O2S/c1-8(18)16-13-17-11(7-20-13)6-15-10-3-9(14)4-12(5-10)19-2/h3-5,7,15H,6H2,1-2H3,(H,16,17,18). The van der Waals surface area contributed by atoms with Crippen LogP contribution in [0, 0.1) is 5.82 Å². The Morgan fingerprint density at radius 2 is 2.25 bits per heavy atom. The second-order valence-electron chi connectivity index (χ2n) is 4.06. The lowest BCUT2D eigenvalue weighted by atomic mass is 10.3. The van der Waals surface area contributed by atoms with E-state index in [1.165, 1.54) is 37.5 Å². The Bertz CT molecular complexity index is 615. The Kier molecular flexibility index (Phi) is 4.52. The molecule has 0 radical (unpaired) electrons. The predicted molar refractivity (Wildman–Crippen MR) is 76.7 cm³/mol. The minimum Gasteiger partial charge on any atom is -0.497 e. The van der Waals surface area contributed by atoms with Gasteiger partial charge in [-0.3, -0.25) is 4.79 Å². The van der Waals surface area contributed by atoms with Gasteiger partial charge in [-0.1, -0.05) is 0 Å². The molecule has 106 valence electrons. The molecule has 0 atom stereocenters. The van der Waals surface area contributed by atoms with Gasteiger partial charge in [-0.2, -0.15) is 0 Å². The van der Waals surface area contributed by atoms with Crippen molar-refractivity contribution in [3.63, 3.8) is 0 Å². The van der Waals surface area contributed by atoms with E-state index in [0.717, 1.165) is 5.69 Å². The van der Waals surface area contributed by atoms with Gasteiger partial charge in [0.15, 0.2) is 5.13 Å². The maximum atomic E-state index is 13.3. The van der Waals surface area contributed by atoms with Crippen LogP contribution in [0.2, 0.25) is 0 Å². The summed E-state index contributed by atoms with van der Waals surface area (Å²) in [6.07, 6.45) is 0. The van der Waals surface area contributed by atoms with E-state index < -0.39 is 0 Å². The fourth-order valence-electron chi connectivity index (χ4n) is 1.57. The minimum atomic E-state index is -0.371. The van der Waals surface area contributed by atoms with Gasteiger partial charge in [-0.15, -0.1) is 11.3 Å². The summed E-state index contributed by atoms with van der Waals surface area (Å²) in [6, 6.07) is 4.39. The molecule has 2 N–H and O–H groups in total. The Morgan fingerprint density at radius 3 is 2.95 bits per heavy atom. The van der Waals surface area contributed by atoms with E-state index in [0.29, 0.717) is 23.1 Å². The summed E-state index contributed by atoms with van der Waals surface area (Å²) in [5.74, 6) is -0.0810. The molecule has 0 fully saturated rings. The van der Waals surface area contributed by atoms with Crippen LogP contribution in [0.5, 0.6) is 5.75 Å². The molecule has 1 aromatic heterocycles. The van der Waals surface area contributed by atoms with Gasteiger partial charge in [-0.25, -0.2) is 9.37 Å². The fourth-order valence-corrected chi connectivity index (χ4v) is 2.33. The molecule has 0 saturated carbocycles. The number of ether oxygens (including phenoxy) is 1. The van der Waals surface area contributed by atoms with E-state index in [-0.39, 0.29) is 11.7 Å². The lowest BCUT2D eigenvalue weighted by molar-refractivity contribution is -0.114. The molecule has 7 heteroatoms. The number of carbonyl (C=O) groups excluding carboxylic acids is 1. The molecular weight excluding hydrogens is 281 g/mol. The lowest BCUT2D eigenvalue weighted by Crippen LogP contribution is -2.06. The molecule has 2 rings (SSSR count). The number of hydrogen-bond acceptors (Lipinski definition) is 5. The summed E-state index contributed by atoms with van der Waals surface area (Å²) in [5.41, 5.74) is 1.37. The normalized spacial score (nSPS) is 10.2. The summed E-state index contributed by atoms with van der Waals surface area (Å²) in [7, 11) is 1.48. The largest absolute Gasteiger partial charge is 0.497 e. The first-order valence-electron chi connectivity index (χ1n) is 5.87. The van der Waals surface area contributed by atoms with Gasteiger partial charge in [0, 0.05) is 30.1 Å². The van der Waals surface area contributed by atoms with Crippen LogP contribution in [-0.4, -0.2) is 18.0 Å². The van der Waals surface area contributed by atoms with Gasteiger partial charge < -0.3 is 15.4 Å². The topological polar surface area (TPSA) is 63.2 Å². The zero-order valence-electron chi connectivity index (χ0n) is 11.1. The number of nitrogens with one attached hydrogen (secondary N) is 2. The number of carbonyl (C=O) groups is 1. The summed E-state index contributed by atoms with van der Waals surface area (Å²) >= 11 is 1.34. The molecule has 0 aliphatic rings. The van der Waals surface area contributed by atoms with Gasteiger partial charge in [0.05, 0.1) is 19.3 Å². The zero-order chi connectivity index (χ0) is 14.5. The molecule has 0 bridgehead atoms. The molecule has 5 nitrogen and oxygen atoms in total. The summed E-state index contributed by atoms with van der Waals surface area (Å²) < 4.78 is 18.3. The van der Waals surface area contributed by atoms with Crippen molar-refractivity contribution in [2.75, 3.05) is 17.7 Å². The summed E-state index contributed by atoms with van der Waals surface area (Å²) in [4.78, 5) is 15.1. The van der Waals surface area contributed by atoms with E-state index in [4.69, 9.17) is 4.74 Å².